The van der Waals surface area contributed by atoms with Gasteiger partial charge in [-0.25, -0.2) is 0 Å². The summed E-state index contributed by atoms with van der Waals surface area (Å²) >= 11 is 0. The summed E-state index contributed by atoms with van der Waals surface area (Å²) in [5, 5.41) is 7.53. The molecule has 3 rings (SSSR count). The lowest BCUT2D eigenvalue weighted by atomic mass is 9.98. The number of likely N-dealkylation sites (N-methyl/N-ethyl adjacent to an activating group) is 1. The molecule has 2 aliphatic heterocycles. The molecule has 2 fully saturated rings. The fourth-order valence-electron chi connectivity index (χ4n) is 2.79. The van der Waals surface area contributed by atoms with Crippen LogP contribution in [0, 0.1) is 0 Å². The molecule has 0 aliphatic carbocycles. The molecule has 0 spiro atoms. The van der Waals surface area contributed by atoms with E-state index in [1.807, 2.05) is 0 Å². The van der Waals surface area contributed by atoms with Crippen molar-refractivity contribution in [3.63, 3.8) is 0 Å². The van der Waals surface area contributed by atoms with E-state index in [4.69, 9.17) is 4.52 Å². The van der Waals surface area contributed by atoms with Gasteiger partial charge in [-0.05, 0) is 45.9 Å². The van der Waals surface area contributed by atoms with E-state index >= 15 is 0 Å². The molecule has 2 saturated heterocycles. The highest BCUT2D eigenvalue weighted by Gasteiger charge is 2.27. The first-order valence-electron chi connectivity index (χ1n) is 6.55. The molecule has 1 aromatic rings. The first-order valence-corrected chi connectivity index (χ1v) is 6.55. The normalized spacial score (nSPS) is 27.7. The molecule has 1 aromatic heterocycles. The van der Waals surface area contributed by atoms with Crippen molar-refractivity contribution in [2.24, 2.45) is 0 Å². The maximum absolute atomic E-state index is 5.44. The predicted octanol–water partition coefficient (Wildman–Crippen LogP) is 0.956. The van der Waals surface area contributed by atoms with Gasteiger partial charge in [0.2, 0.25) is 5.89 Å². The summed E-state index contributed by atoms with van der Waals surface area (Å²) in [5.74, 6) is 2.72. The SMILES string of the molecule is CN1CCC(c2noc(C3CCNCC3)n2)C1. The van der Waals surface area contributed by atoms with E-state index in [9.17, 15) is 0 Å². The average molecular weight is 236 g/mol. The summed E-state index contributed by atoms with van der Waals surface area (Å²) in [6.07, 6.45) is 3.39. The van der Waals surface area contributed by atoms with Gasteiger partial charge in [0, 0.05) is 18.4 Å². The standard InChI is InChI=1S/C12H20N4O/c1-16-7-4-10(8-16)11-14-12(17-15-11)9-2-5-13-6-3-9/h9-10,13H,2-8H2,1H3. The zero-order valence-corrected chi connectivity index (χ0v) is 10.4. The Bertz CT molecular complexity index is 353. The molecule has 3 heterocycles. The summed E-state index contributed by atoms with van der Waals surface area (Å²) in [6, 6.07) is 0. The molecule has 0 amide bonds. The Labute approximate surface area is 102 Å². The Morgan fingerprint density at radius 3 is 2.76 bits per heavy atom. The molecular weight excluding hydrogens is 216 g/mol. The lowest BCUT2D eigenvalue weighted by Crippen LogP contribution is -2.26. The minimum atomic E-state index is 0.469. The van der Waals surface area contributed by atoms with Crippen molar-refractivity contribution in [1.82, 2.24) is 20.4 Å². The zero-order chi connectivity index (χ0) is 11.7. The van der Waals surface area contributed by atoms with Gasteiger partial charge in [-0.1, -0.05) is 5.16 Å². The van der Waals surface area contributed by atoms with Gasteiger partial charge in [-0.2, -0.15) is 4.98 Å². The predicted molar refractivity (Wildman–Crippen MR) is 64.0 cm³/mol. The van der Waals surface area contributed by atoms with Crippen LogP contribution >= 0.6 is 0 Å². The van der Waals surface area contributed by atoms with E-state index < -0.39 is 0 Å². The summed E-state index contributed by atoms with van der Waals surface area (Å²) in [5.41, 5.74) is 0. The zero-order valence-electron chi connectivity index (χ0n) is 10.4. The molecule has 1 N–H and O–H groups in total. The van der Waals surface area contributed by atoms with Gasteiger partial charge in [0.05, 0.1) is 0 Å². The highest BCUT2D eigenvalue weighted by molar-refractivity contribution is 5.03. The Morgan fingerprint density at radius 2 is 2.06 bits per heavy atom. The summed E-state index contributed by atoms with van der Waals surface area (Å²) < 4.78 is 5.44. The number of piperidine rings is 1. The van der Waals surface area contributed by atoms with E-state index in [0.717, 1.165) is 57.2 Å². The van der Waals surface area contributed by atoms with Crippen molar-refractivity contribution >= 4 is 0 Å². The highest BCUT2D eigenvalue weighted by atomic mass is 16.5. The molecule has 94 valence electrons. The summed E-state index contributed by atoms with van der Waals surface area (Å²) in [4.78, 5) is 6.94. The van der Waals surface area contributed by atoms with Crippen molar-refractivity contribution in [3.05, 3.63) is 11.7 Å². The minimum Gasteiger partial charge on any atom is -0.339 e. The van der Waals surface area contributed by atoms with Crippen LogP contribution in [-0.2, 0) is 0 Å². The number of hydrogen-bond acceptors (Lipinski definition) is 5. The molecule has 0 radical (unpaired) electrons. The fraction of sp³-hybridized carbons (Fsp3) is 0.833. The summed E-state index contributed by atoms with van der Waals surface area (Å²) in [7, 11) is 2.15. The molecule has 0 saturated carbocycles. The molecule has 17 heavy (non-hydrogen) atoms. The Balaban J connectivity index is 1.69. The second kappa shape index (κ2) is 4.74. The first kappa shape index (κ1) is 11.2. The van der Waals surface area contributed by atoms with Gasteiger partial charge in [0.15, 0.2) is 5.82 Å². The van der Waals surface area contributed by atoms with Crippen LogP contribution in [-0.4, -0.2) is 48.3 Å². The lowest BCUT2D eigenvalue weighted by Gasteiger charge is -2.18. The number of nitrogens with one attached hydrogen (secondary N) is 1. The number of hydrogen-bond donors (Lipinski definition) is 1. The number of aromatic nitrogens is 2. The Kier molecular flexibility index (Phi) is 3.11. The highest BCUT2D eigenvalue weighted by Crippen LogP contribution is 2.28. The quantitative estimate of drug-likeness (QED) is 0.828. The van der Waals surface area contributed by atoms with Crippen LogP contribution in [0.2, 0.25) is 0 Å². The van der Waals surface area contributed by atoms with Crippen LogP contribution in [0.25, 0.3) is 0 Å². The van der Waals surface area contributed by atoms with Gasteiger partial charge in [0.25, 0.3) is 0 Å². The maximum Gasteiger partial charge on any atom is 0.229 e. The molecule has 0 aromatic carbocycles. The molecule has 1 unspecified atom stereocenters. The second-order valence-corrected chi connectivity index (χ2v) is 5.26. The monoisotopic (exact) mass is 236 g/mol. The second-order valence-electron chi connectivity index (χ2n) is 5.26. The lowest BCUT2D eigenvalue weighted by molar-refractivity contribution is 0.316. The number of nitrogens with zero attached hydrogens (tertiary/aromatic N) is 3. The molecule has 1 atom stereocenters. The molecule has 5 heteroatoms. The van der Waals surface area contributed by atoms with Crippen molar-refractivity contribution in [1.29, 1.82) is 0 Å². The first-order chi connectivity index (χ1) is 8.33. The topological polar surface area (TPSA) is 54.2 Å². The number of rotatable bonds is 2. The molecule has 5 nitrogen and oxygen atoms in total. The van der Waals surface area contributed by atoms with Crippen molar-refractivity contribution in [2.45, 2.75) is 31.1 Å². The smallest absolute Gasteiger partial charge is 0.229 e. The third-order valence-corrected chi connectivity index (χ3v) is 3.90. The van der Waals surface area contributed by atoms with E-state index in [0.29, 0.717) is 11.8 Å². The van der Waals surface area contributed by atoms with Crippen LogP contribution < -0.4 is 5.32 Å². The number of likely N-dealkylation sites (tertiary alicyclic amines) is 1. The van der Waals surface area contributed by atoms with E-state index in [1.54, 1.807) is 0 Å². The van der Waals surface area contributed by atoms with Crippen LogP contribution in [0.3, 0.4) is 0 Å². The minimum absolute atomic E-state index is 0.469. The van der Waals surface area contributed by atoms with Crippen molar-refractivity contribution in [3.8, 4) is 0 Å². The van der Waals surface area contributed by atoms with Crippen molar-refractivity contribution < 1.29 is 4.52 Å². The largest absolute Gasteiger partial charge is 0.339 e. The van der Waals surface area contributed by atoms with Crippen LogP contribution in [0.1, 0.15) is 42.8 Å². The van der Waals surface area contributed by atoms with Gasteiger partial charge >= 0.3 is 0 Å². The fourth-order valence-corrected chi connectivity index (χ4v) is 2.79. The maximum atomic E-state index is 5.44. The molecular formula is C12H20N4O. The third-order valence-electron chi connectivity index (χ3n) is 3.90. The van der Waals surface area contributed by atoms with Crippen LogP contribution in [0.4, 0.5) is 0 Å². The van der Waals surface area contributed by atoms with Gasteiger partial charge in [-0.3, -0.25) is 0 Å². The van der Waals surface area contributed by atoms with Gasteiger partial charge in [0.1, 0.15) is 0 Å². The average Bonchev–Trinajstić information content (AvgIpc) is 2.98. The van der Waals surface area contributed by atoms with Crippen molar-refractivity contribution in [2.75, 3.05) is 33.2 Å². The van der Waals surface area contributed by atoms with E-state index in [1.165, 1.54) is 0 Å². The summed E-state index contributed by atoms with van der Waals surface area (Å²) in [6.45, 7) is 4.33. The third kappa shape index (κ3) is 2.35. The molecule has 2 aliphatic rings. The van der Waals surface area contributed by atoms with E-state index in [-0.39, 0.29) is 0 Å². The van der Waals surface area contributed by atoms with Crippen LogP contribution in [0.15, 0.2) is 4.52 Å². The Hall–Kier alpha value is -0.940. The molecule has 0 bridgehead atoms. The van der Waals surface area contributed by atoms with Gasteiger partial charge in [-0.15, -0.1) is 0 Å². The van der Waals surface area contributed by atoms with E-state index in [2.05, 4.69) is 27.4 Å². The van der Waals surface area contributed by atoms with Gasteiger partial charge < -0.3 is 14.7 Å². The Morgan fingerprint density at radius 1 is 1.24 bits per heavy atom. The van der Waals surface area contributed by atoms with Crippen LogP contribution in [0.5, 0.6) is 0 Å².